The molecule has 7 nitrogen and oxygen atoms in total. The fourth-order valence-electron chi connectivity index (χ4n) is 3.90. The van der Waals surface area contributed by atoms with Gasteiger partial charge < -0.3 is 8.92 Å². The van der Waals surface area contributed by atoms with E-state index in [-0.39, 0.29) is 18.3 Å². The van der Waals surface area contributed by atoms with E-state index in [1.807, 2.05) is 17.7 Å². The van der Waals surface area contributed by atoms with Crippen LogP contribution in [0.2, 0.25) is 0 Å². The van der Waals surface area contributed by atoms with Crippen molar-refractivity contribution in [3.8, 4) is 5.75 Å². The lowest BCUT2D eigenvalue weighted by atomic mass is 9.84. The third kappa shape index (κ3) is 5.11. The van der Waals surface area contributed by atoms with Crippen LogP contribution in [0.25, 0.3) is 0 Å². The van der Waals surface area contributed by atoms with Gasteiger partial charge in [-0.2, -0.15) is 13.1 Å². The van der Waals surface area contributed by atoms with E-state index in [9.17, 15) is 13.2 Å². The van der Waals surface area contributed by atoms with Gasteiger partial charge in [0.15, 0.2) is 0 Å². The molecule has 1 N–H and O–H groups in total. The number of nitrogens with one attached hydrogen (secondary N) is 1. The number of hydrogen-bond donors (Lipinski definition) is 1. The van der Waals surface area contributed by atoms with Crippen LogP contribution >= 0.6 is 0 Å². The summed E-state index contributed by atoms with van der Waals surface area (Å²) in [5.41, 5.74) is 0.856. The zero-order valence-corrected chi connectivity index (χ0v) is 15.8. The fourth-order valence-corrected chi connectivity index (χ4v) is 4.56. The van der Waals surface area contributed by atoms with Crippen molar-refractivity contribution in [2.45, 2.75) is 45.1 Å². The number of fused-ring (bicyclic) bond motifs is 1. The molecule has 1 aromatic rings. The zero-order chi connectivity index (χ0) is 18.6. The van der Waals surface area contributed by atoms with Crippen LogP contribution in [0.15, 0.2) is 24.3 Å². The standard InChI is InChI=1S/C18H26N2O5S/c1-14-6-4-8-16(12-14)25-26(22,23)19-18(21)24-13-15-7-5-11-20-10-3-2-9-17(15)20/h4,6,8,12,15,17H,2-3,5,7,9-11,13H2,1H3,(H,19,21)/t15-,17-/m0/s1. The summed E-state index contributed by atoms with van der Waals surface area (Å²) in [5.74, 6) is 0.408. The Labute approximate surface area is 154 Å². The summed E-state index contributed by atoms with van der Waals surface area (Å²) in [6, 6.07) is 7.02. The van der Waals surface area contributed by atoms with Crippen molar-refractivity contribution in [1.29, 1.82) is 0 Å². The number of carbonyl (C=O) groups excluding carboxylic acids is 1. The zero-order valence-electron chi connectivity index (χ0n) is 15.0. The molecule has 8 heteroatoms. The minimum Gasteiger partial charge on any atom is -0.448 e. The summed E-state index contributed by atoms with van der Waals surface area (Å²) in [6.45, 7) is 4.25. The number of amides is 1. The van der Waals surface area contributed by atoms with Gasteiger partial charge in [-0.3, -0.25) is 4.90 Å². The Morgan fingerprint density at radius 2 is 2.04 bits per heavy atom. The van der Waals surface area contributed by atoms with E-state index >= 15 is 0 Å². The van der Waals surface area contributed by atoms with Crippen LogP contribution in [0.3, 0.4) is 0 Å². The van der Waals surface area contributed by atoms with E-state index < -0.39 is 16.4 Å². The van der Waals surface area contributed by atoms with Gasteiger partial charge in [-0.1, -0.05) is 18.6 Å². The number of ether oxygens (including phenoxy) is 1. The quantitative estimate of drug-likeness (QED) is 0.843. The van der Waals surface area contributed by atoms with E-state index in [0.29, 0.717) is 6.04 Å². The molecule has 0 aromatic heterocycles. The number of rotatable bonds is 5. The number of benzene rings is 1. The van der Waals surface area contributed by atoms with Crippen molar-refractivity contribution < 1.29 is 22.1 Å². The normalized spacial score (nSPS) is 23.7. The summed E-state index contributed by atoms with van der Waals surface area (Å²) in [4.78, 5) is 14.4. The van der Waals surface area contributed by atoms with Crippen LogP contribution in [-0.2, 0) is 15.0 Å². The molecule has 2 saturated heterocycles. The molecule has 2 heterocycles. The summed E-state index contributed by atoms with van der Waals surface area (Å²) in [5, 5.41) is 0. The highest BCUT2D eigenvalue weighted by Gasteiger charge is 2.33. The first-order valence-electron chi connectivity index (χ1n) is 9.13. The van der Waals surface area contributed by atoms with Gasteiger partial charge in [-0.15, -0.1) is 0 Å². The molecule has 3 rings (SSSR count). The molecule has 0 saturated carbocycles. The first kappa shape index (κ1) is 19.0. The van der Waals surface area contributed by atoms with Crippen LogP contribution in [0, 0.1) is 12.8 Å². The molecule has 0 unspecified atom stereocenters. The largest absolute Gasteiger partial charge is 0.448 e. The van der Waals surface area contributed by atoms with Gasteiger partial charge >= 0.3 is 16.4 Å². The van der Waals surface area contributed by atoms with Gasteiger partial charge in [0.05, 0.1) is 6.61 Å². The predicted molar refractivity (Wildman–Crippen MR) is 97.1 cm³/mol. The van der Waals surface area contributed by atoms with Crippen molar-refractivity contribution in [2.75, 3.05) is 19.7 Å². The number of piperidine rings is 2. The lowest BCUT2D eigenvalue weighted by molar-refractivity contribution is 0.0244. The Morgan fingerprint density at radius 1 is 1.23 bits per heavy atom. The second kappa shape index (κ2) is 8.26. The summed E-state index contributed by atoms with van der Waals surface area (Å²) < 4.78 is 35.8. The Morgan fingerprint density at radius 3 is 2.85 bits per heavy atom. The van der Waals surface area contributed by atoms with Crippen LogP contribution in [0.1, 0.15) is 37.7 Å². The smallest absolute Gasteiger partial charge is 0.423 e. The van der Waals surface area contributed by atoms with Gasteiger partial charge in [0.25, 0.3) is 0 Å². The SMILES string of the molecule is Cc1cccc(OS(=O)(=O)NC(=O)OC[C@@H]2CCCN3CCCC[C@@H]23)c1. The predicted octanol–water partition coefficient (Wildman–Crippen LogP) is 2.61. The Kier molecular flexibility index (Phi) is 6.03. The van der Waals surface area contributed by atoms with E-state index in [1.54, 1.807) is 12.1 Å². The molecule has 2 aliphatic rings. The maximum absolute atomic E-state index is 12.0. The van der Waals surface area contributed by atoms with Gasteiger partial charge in [0, 0.05) is 12.0 Å². The molecular weight excluding hydrogens is 356 g/mol. The van der Waals surface area contributed by atoms with Gasteiger partial charge in [0.2, 0.25) is 0 Å². The molecule has 0 spiro atoms. The van der Waals surface area contributed by atoms with Crippen molar-refractivity contribution in [3.63, 3.8) is 0 Å². The number of aryl methyl sites for hydroxylation is 1. The molecule has 0 aliphatic carbocycles. The number of carbonyl (C=O) groups is 1. The Balaban J connectivity index is 1.50. The second-order valence-electron chi connectivity index (χ2n) is 7.06. The van der Waals surface area contributed by atoms with Crippen molar-refractivity contribution in [1.82, 2.24) is 9.62 Å². The molecule has 0 bridgehead atoms. The van der Waals surface area contributed by atoms with Gasteiger partial charge in [-0.25, -0.2) is 4.79 Å². The first-order valence-corrected chi connectivity index (χ1v) is 10.5. The number of nitrogens with zero attached hydrogens (tertiary/aromatic N) is 1. The fraction of sp³-hybridized carbons (Fsp3) is 0.611. The highest BCUT2D eigenvalue weighted by Crippen LogP contribution is 2.31. The summed E-state index contributed by atoms with van der Waals surface area (Å²) >= 11 is 0. The molecule has 2 aliphatic heterocycles. The van der Waals surface area contributed by atoms with E-state index in [4.69, 9.17) is 8.92 Å². The summed E-state index contributed by atoms with van der Waals surface area (Å²) in [7, 11) is -4.26. The third-order valence-electron chi connectivity index (χ3n) is 5.06. The molecule has 0 radical (unpaired) electrons. The molecule has 144 valence electrons. The average Bonchev–Trinajstić information content (AvgIpc) is 2.59. The highest BCUT2D eigenvalue weighted by atomic mass is 32.2. The molecular formula is C18H26N2O5S. The van der Waals surface area contributed by atoms with Crippen LogP contribution in [-0.4, -0.2) is 45.1 Å². The Hall–Kier alpha value is -1.80. The van der Waals surface area contributed by atoms with Crippen molar-refractivity contribution >= 4 is 16.4 Å². The maximum Gasteiger partial charge on any atom is 0.423 e. The second-order valence-corrected chi connectivity index (χ2v) is 8.33. The Bertz CT molecular complexity index is 735. The van der Waals surface area contributed by atoms with E-state index in [0.717, 1.165) is 37.9 Å². The van der Waals surface area contributed by atoms with Crippen molar-refractivity contribution in [3.05, 3.63) is 29.8 Å². The van der Waals surface area contributed by atoms with E-state index in [1.165, 1.54) is 18.9 Å². The van der Waals surface area contributed by atoms with Gasteiger partial charge in [-0.05, 0) is 63.4 Å². The molecule has 2 fully saturated rings. The molecule has 26 heavy (non-hydrogen) atoms. The van der Waals surface area contributed by atoms with Crippen LogP contribution < -0.4 is 8.91 Å². The molecule has 1 aromatic carbocycles. The summed E-state index contributed by atoms with van der Waals surface area (Å²) in [6.07, 6.45) is 4.62. The maximum atomic E-state index is 12.0. The lowest BCUT2D eigenvalue weighted by Crippen LogP contribution is -2.49. The monoisotopic (exact) mass is 382 g/mol. The van der Waals surface area contributed by atoms with Crippen LogP contribution in [0.4, 0.5) is 4.79 Å². The minimum atomic E-state index is -4.26. The van der Waals surface area contributed by atoms with Gasteiger partial charge in [0.1, 0.15) is 5.75 Å². The number of hydrogen-bond acceptors (Lipinski definition) is 6. The van der Waals surface area contributed by atoms with E-state index in [2.05, 4.69) is 4.90 Å². The van der Waals surface area contributed by atoms with Crippen molar-refractivity contribution in [2.24, 2.45) is 5.92 Å². The lowest BCUT2D eigenvalue weighted by Gasteiger charge is -2.44. The molecule has 2 atom stereocenters. The first-order chi connectivity index (χ1) is 12.4. The average molecular weight is 382 g/mol. The topological polar surface area (TPSA) is 84.9 Å². The molecule has 1 amide bonds. The highest BCUT2D eigenvalue weighted by molar-refractivity contribution is 7.85. The minimum absolute atomic E-state index is 0.149. The van der Waals surface area contributed by atoms with Crippen LogP contribution in [0.5, 0.6) is 5.75 Å². The third-order valence-corrected chi connectivity index (χ3v) is 5.89.